The van der Waals surface area contributed by atoms with Crippen LogP contribution >= 0.6 is 0 Å². The molecule has 1 amide bonds. The van der Waals surface area contributed by atoms with Gasteiger partial charge in [-0.15, -0.1) is 0 Å². The Balaban J connectivity index is 1.71. The number of carbonyl (C=O) groups excluding carboxylic acids is 1. The molecule has 0 aliphatic carbocycles. The number of nitrogens with one attached hydrogen (secondary N) is 1. The molecule has 2 rings (SSSR count). The SMILES string of the molecule is O=C(CCn1cccc1)NCc1cccnc1. The average Bonchev–Trinajstić information content (AvgIpc) is 2.88. The molecule has 0 unspecified atom stereocenters. The van der Waals surface area contributed by atoms with Crippen molar-refractivity contribution in [3.05, 3.63) is 54.6 Å². The Morgan fingerprint density at radius 3 is 2.82 bits per heavy atom. The van der Waals surface area contributed by atoms with E-state index in [1.807, 2.05) is 41.2 Å². The zero-order valence-corrected chi connectivity index (χ0v) is 9.54. The fraction of sp³-hybridized carbons (Fsp3) is 0.231. The van der Waals surface area contributed by atoms with E-state index in [1.54, 1.807) is 12.4 Å². The number of aromatic nitrogens is 2. The Bertz CT molecular complexity index is 451. The number of pyridine rings is 1. The Labute approximate surface area is 100 Å². The van der Waals surface area contributed by atoms with Gasteiger partial charge in [0.05, 0.1) is 0 Å². The first-order valence-corrected chi connectivity index (χ1v) is 5.61. The summed E-state index contributed by atoms with van der Waals surface area (Å²) in [4.78, 5) is 15.6. The molecule has 0 saturated heterocycles. The van der Waals surface area contributed by atoms with Crippen LogP contribution in [0, 0.1) is 0 Å². The first kappa shape index (κ1) is 11.4. The highest BCUT2D eigenvalue weighted by atomic mass is 16.1. The molecular weight excluding hydrogens is 214 g/mol. The summed E-state index contributed by atoms with van der Waals surface area (Å²) in [6.07, 6.45) is 7.88. The molecule has 2 aromatic heterocycles. The molecule has 0 saturated carbocycles. The van der Waals surface area contributed by atoms with E-state index in [0.717, 1.165) is 5.56 Å². The third-order valence-electron chi connectivity index (χ3n) is 2.48. The highest BCUT2D eigenvalue weighted by Crippen LogP contribution is 1.96. The maximum atomic E-state index is 11.6. The maximum absolute atomic E-state index is 11.6. The van der Waals surface area contributed by atoms with Crippen LogP contribution in [0.3, 0.4) is 0 Å². The van der Waals surface area contributed by atoms with Crippen LogP contribution in [-0.4, -0.2) is 15.5 Å². The van der Waals surface area contributed by atoms with Crippen molar-refractivity contribution in [3.8, 4) is 0 Å². The van der Waals surface area contributed by atoms with Crippen molar-refractivity contribution in [2.24, 2.45) is 0 Å². The van der Waals surface area contributed by atoms with E-state index < -0.39 is 0 Å². The minimum atomic E-state index is 0.0579. The second-order valence-corrected chi connectivity index (χ2v) is 3.81. The Hall–Kier alpha value is -2.10. The van der Waals surface area contributed by atoms with Crippen LogP contribution < -0.4 is 5.32 Å². The summed E-state index contributed by atoms with van der Waals surface area (Å²) in [6.45, 7) is 1.25. The Kier molecular flexibility index (Phi) is 3.91. The molecule has 1 N–H and O–H groups in total. The normalized spacial score (nSPS) is 10.1. The van der Waals surface area contributed by atoms with Gasteiger partial charge >= 0.3 is 0 Å². The van der Waals surface area contributed by atoms with Gasteiger partial charge in [-0.05, 0) is 23.8 Å². The largest absolute Gasteiger partial charge is 0.354 e. The van der Waals surface area contributed by atoms with E-state index in [1.165, 1.54) is 0 Å². The topological polar surface area (TPSA) is 46.9 Å². The summed E-state index contributed by atoms with van der Waals surface area (Å²) in [7, 11) is 0. The third-order valence-corrected chi connectivity index (χ3v) is 2.48. The highest BCUT2D eigenvalue weighted by molar-refractivity contribution is 5.75. The van der Waals surface area contributed by atoms with Crippen molar-refractivity contribution in [1.82, 2.24) is 14.9 Å². The monoisotopic (exact) mass is 229 g/mol. The van der Waals surface area contributed by atoms with E-state index >= 15 is 0 Å². The maximum Gasteiger partial charge on any atom is 0.222 e. The van der Waals surface area contributed by atoms with Crippen molar-refractivity contribution in [3.63, 3.8) is 0 Å². The predicted octanol–water partition coefficient (Wildman–Crippen LogP) is 1.59. The molecule has 0 radical (unpaired) electrons. The van der Waals surface area contributed by atoms with Gasteiger partial charge in [-0.1, -0.05) is 6.07 Å². The smallest absolute Gasteiger partial charge is 0.222 e. The van der Waals surface area contributed by atoms with Gasteiger partial charge in [0.1, 0.15) is 0 Å². The molecule has 0 aliphatic heterocycles. The van der Waals surface area contributed by atoms with Gasteiger partial charge in [-0.25, -0.2) is 0 Å². The van der Waals surface area contributed by atoms with Crippen LogP contribution in [0.15, 0.2) is 49.1 Å². The summed E-state index contributed by atoms with van der Waals surface area (Å²) in [5, 5.41) is 2.87. The second-order valence-electron chi connectivity index (χ2n) is 3.81. The van der Waals surface area contributed by atoms with Crippen LogP contribution in [0.1, 0.15) is 12.0 Å². The van der Waals surface area contributed by atoms with E-state index in [0.29, 0.717) is 19.5 Å². The van der Waals surface area contributed by atoms with E-state index in [2.05, 4.69) is 10.3 Å². The lowest BCUT2D eigenvalue weighted by atomic mass is 10.3. The number of hydrogen-bond donors (Lipinski definition) is 1. The summed E-state index contributed by atoms with van der Waals surface area (Å²) >= 11 is 0. The number of aryl methyl sites for hydroxylation is 1. The summed E-state index contributed by atoms with van der Waals surface area (Å²) < 4.78 is 1.99. The Morgan fingerprint density at radius 1 is 1.29 bits per heavy atom. The van der Waals surface area contributed by atoms with Gasteiger partial charge in [-0.3, -0.25) is 9.78 Å². The van der Waals surface area contributed by atoms with Crippen molar-refractivity contribution >= 4 is 5.91 Å². The molecule has 2 aromatic rings. The number of carbonyl (C=O) groups is 1. The van der Waals surface area contributed by atoms with E-state index in [-0.39, 0.29) is 5.91 Å². The molecule has 88 valence electrons. The van der Waals surface area contributed by atoms with Gasteiger partial charge in [0.25, 0.3) is 0 Å². The first-order chi connectivity index (χ1) is 8.34. The average molecular weight is 229 g/mol. The Morgan fingerprint density at radius 2 is 2.12 bits per heavy atom. The van der Waals surface area contributed by atoms with E-state index in [9.17, 15) is 4.79 Å². The molecule has 4 nitrogen and oxygen atoms in total. The van der Waals surface area contributed by atoms with Gasteiger partial charge in [0.2, 0.25) is 5.91 Å². The lowest BCUT2D eigenvalue weighted by Crippen LogP contribution is -2.23. The standard InChI is InChI=1S/C13H15N3O/c17-13(5-9-16-7-1-2-8-16)15-11-12-4-3-6-14-10-12/h1-4,6-8,10H,5,9,11H2,(H,15,17). The minimum absolute atomic E-state index is 0.0579. The fourth-order valence-corrected chi connectivity index (χ4v) is 1.54. The zero-order valence-electron chi connectivity index (χ0n) is 9.54. The molecule has 17 heavy (non-hydrogen) atoms. The quantitative estimate of drug-likeness (QED) is 0.846. The molecule has 0 spiro atoms. The summed E-state index contributed by atoms with van der Waals surface area (Å²) in [5.74, 6) is 0.0579. The first-order valence-electron chi connectivity index (χ1n) is 5.61. The van der Waals surface area contributed by atoms with Crippen LogP contribution in [-0.2, 0) is 17.9 Å². The lowest BCUT2D eigenvalue weighted by molar-refractivity contribution is -0.121. The number of rotatable bonds is 5. The molecule has 0 bridgehead atoms. The molecule has 0 atom stereocenters. The zero-order chi connectivity index (χ0) is 11.9. The summed E-state index contributed by atoms with van der Waals surface area (Å²) in [5.41, 5.74) is 1.02. The van der Waals surface area contributed by atoms with Gasteiger partial charge in [0, 0.05) is 44.3 Å². The number of amides is 1. The second kappa shape index (κ2) is 5.84. The van der Waals surface area contributed by atoms with Crippen LogP contribution in [0.5, 0.6) is 0 Å². The molecule has 0 fully saturated rings. The molecule has 4 heteroatoms. The van der Waals surface area contributed by atoms with Crippen LogP contribution in [0.4, 0.5) is 0 Å². The van der Waals surface area contributed by atoms with Gasteiger partial charge < -0.3 is 9.88 Å². The van der Waals surface area contributed by atoms with Gasteiger partial charge in [-0.2, -0.15) is 0 Å². The molecular formula is C13H15N3O. The van der Waals surface area contributed by atoms with Gasteiger partial charge in [0.15, 0.2) is 0 Å². The molecule has 0 aliphatic rings. The third kappa shape index (κ3) is 3.75. The lowest BCUT2D eigenvalue weighted by Gasteiger charge is -2.05. The van der Waals surface area contributed by atoms with E-state index in [4.69, 9.17) is 0 Å². The molecule has 2 heterocycles. The van der Waals surface area contributed by atoms with Crippen LogP contribution in [0.25, 0.3) is 0 Å². The summed E-state index contributed by atoms with van der Waals surface area (Å²) in [6, 6.07) is 7.71. The van der Waals surface area contributed by atoms with Crippen molar-refractivity contribution < 1.29 is 4.79 Å². The van der Waals surface area contributed by atoms with Crippen molar-refractivity contribution in [1.29, 1.82) is 0 Å². The van der Waals surface area contributed by atoms with Crippen LogP contribution in [0.2, 0.25) is 0 Å². The molecule has 0 aromatic carbocycles. The fourth-order valence-electron chi connectivity index (χ4n) is 1.54. The highest BCUT2D eigenvalue weighted by Gasteiger charge is 2.01. The predicted molar refractivity (Wildman–Crippen MR) is 65.1 cm³/mol. The minimum Gasteiger partial charge on any atom is -0.354 e. The number of hydrogen-bond acceptors (Lipinski definition) is 2. The number of nitrogens with zero attached hydrogens (tertiary/aromatic N) is 2. The van der Waals surface area contributed by atoms with Crippen molar-refractivity contribution in [2.45, 2.75) is 19.5 Å². The van der Waals surface area contributed by atoms with Crippen molar-refractivity contribution in [2.75, 3.05) is 0 Å².